The van der Waals surface area contributed by atoms with Crippen molar-refractivity contribution in [1.29, 1.82) is 0 Å². The van der Waals surface area contributed by atoms with E-state index in [1.807, 2.05) is 0 Å². The molecular formula is C21H26N2O. The summed E-state index contributed by atoms with van der Waals surface area (Å²) in [5.74, 6) is 1.09. The second-order valence-corrected chi connectivity index (χ2v) is 6.99. The van der Waals surface area contributed by atoms with Crippen molar-refractivity contribution in [3.8, 4) is 5.75 Å². The van der Waals surface area contributed by atoms with Crippen LogP contribution >= 0.6 is 0 Å². The summed E-state index contributed by atoms with van der Waals surface area (Å²) in [6.07, 6.45) is 2.29. The van der Waals surface area contributed by atoms with Crippen LogP contribution in [0.25, 0.3) is 0 Å². The minimum atomic E-state index is 0.865. The summed E-state index contributed by atoms with van der Waals surface area (Å²) >= 11 is 0. The van der Waals surface area contributed by atoms with Crippen LogP contribution in [0.4, 0.5) is 5.69 Å². The first-order chi connectivity index (χ1) is 11.8. The summed E-state index contributed by atoms with van der Waals surface area (Å²) < 4.78 is 5.73. The Bertz CT molecular complexity index is 687. The molecule has 0 bridgehead atoms. The fraction of sp³-hybridized carbons (Fsp3) is 0.429. The molecule has 126 valence electrons. The number of nitrogens with zero attached hydrogens (tertiary/aromatic N) is 2. The van der Waals surface area contributed by atoms with Crippen LogP contribution in [-0.2, 0) is 13.0 Å². The molecule has 0 saturated carbocycles. The van der Waals surface area contributed by atoms with Crippen LogP contribution in [0.2, 0.25) is 0 Å². The van der Waals surface area contributed by atoms with Gasteiger partial charge in [-0.3, -0.25) is 4.90 Å². The molecule has 0 aliphatic carbocycles. The quantitative estimate of drug-likeness (QED) is 0.858. The lowest BCUT2D eigenvalue weighted by molar-refractivity contribution is 0.249. The molecule has 0 spiro atoms. The van der Waals surface area contributed by atoms with Gasteiger partial charge in [-0.05, 0) is 49.1 Å². The number of aryl methyl sites for hydroxylation is 2. The highest BCUT2D eigenvalue weighted by molar-refractivity contribution is 5.54. The van der Waals surface area contributed by atoms with Crippen molar-refractivity contribution < 1.29 is 4.74 Å². The van der Waals surface area contributed by atoms with E-state index in [0.717, 1.165) is 57.9 Å². The van der Waals surface area contributed by atoms with E-state index >= 15 is 0 Å². The third-order valence-corrected chi connectivity index (χ3v) is 5.16. The van der Waals surface area contributed by atoms with Gasteiger partial charge < -0.3 is 9.64 Å². The zero-order valence-corrected chi connectivity index (χ0v) is 14.5. The summed E-state index contributed by atoms with van der Waals surface area (Å²) in [5.41, 5.74) is 5.48. The number of ether oxygens (including phenoxy) is 1. The van der Waals surface area contributed by atoms with Crippen molar-refractivity contribution in [2.45, 2.75) is 26.3 Å². The number of rotatable bonds is 3. The van der Waals surface area contributed by atoms with E-state index in [0.29, 0.717) is 0 Å². The normalized spacial score (nSPS) is 18.1. The Morgan fingerprint density at radius 1 is 0.958 bits per heavy atom. The molecule has 2 aromatic rings. The highest BCUT2D eigenvalue weighted by atomic mass is 16.5. The molecule has 0 N–H and O–H groups in total. The van der Waals surface area contributed by atoms with E-state index in [4.69, 9.17) is 4.74 Å². The van der Waals surface area contributed by atoms with Crippen LogP contribution in [0.1, 0.15) is 23.1 Å². The molecule has 2 aliphatic heterocycles. The fourth-order valence-electron chi connectivity index (χ4n) is 3.66. The Morgan fingerprint density at radius 2 is 1.75 bits per heavy atom. The summed E-state index contributed by atoms with van der Waals surface area (Å²) in [7, 11) is 0. The molecule has 0 amide bonds. The molecule has 0 radical (unpaired) electrons. The lowest BCUT2D eigenvalue weighted by atomic mass is 10.0. The van der Waals surface area contributed by atoms with Crippen LogP contribution in [0.5, 0.6) is 5.75 Å². The molecular weight excluding hydrogens is 296 g/mol. The zero-order valence-electron chi connectivity index (χ0n) is 14.5. The van der Waals surface area contributed by atoms with Gasteiger partial charge in [0.1, 0.15) is 5.75 Å². The molecule has 0 atom stereocenters. The second-order valence-electron chi connectivity index (χ2n) is 6.99. The average Bonchev–Trinajstić information content (AvgIpc) is 2.64. The third kappa shape index (κ3) is 3.41. The predicted molar refractivity (Wildman–Crippen MR) is 98.9 cm³/mol. The first-order valence-corrected chi connectivity index (χ1v) is 9.06. The van der Waals surface area contributed by atoms with Gasteiger partial charge in [-0.1, -0.05) is 29.8 Å². The van der Waals surface area contributed by atoms with E-state index in [2.05, 4.69) is 59.2 Å². The minimum Gasteiger partial charge on any atom is -0.493 e. The van der Waals surface area contributed by atoms with Crippen molar-refractivity contribution in [1.82, 2.24) is 4.90 Å². The fourth-order valence-corrected chi connectivity index (χ4v) is 3.66. The predicted octanol–water partition coefficient (Wildman–Crippen LogP) is 3.64. The molecule has 3 heteroatoms. The van der Waals surface area contributed by atoms with Crippen molar-refractivity contribution in [3.05, 3.63) is 59.2 Å². The zero-order chi connectivity index (χ0) is 16.4. The number of anilines is 1. The third-order valence-electron chi connectivity index (χ3n) is 5.16. The van der Waals surface area contributed by atoms with Crippen LogP contribution in [0.15, 0.2) is 42.5 Å². The topological polar surface area (TPSA) is 15.7 Å². The van der Waals surface area contributed by atoms with Crippen LogP contribution < -0.4 is 9.64 Å². The van der Waals surface area contributed by atoms with Crippen LogP contribution in [0.3, 0.4) is 0 Å². The molecule has 1 saturated heterocycles. The molecule has 3 nitrogen and oxygen atoms in total. The molecule has 2 aromatic carbocycles. The summed E-state index contributed by atoms with van der Waals surface area (Å²) in [6.45, 7) is 8.53. The lowest BCUT2D eigenvalue weighted by Gasteiger charge is -2.36. The molecule has 1 fully saturated rings. The SMILES string of the molecule is Cc1ccc(CN2CCN(c3ccc4c(c3)CCCO4)CC2)cc1. The highest BCUT2D eigenvalue weighted by Gasteiger charge is 2.19. The van der Waals surface area contributed by atoms with Gasteiger partial charge in [0.15, 0.2) is 0 Å². The Labute approximate surface area is 144 Å². The second kappa shape index (κ2) is 6.86. The van der Waals surface area contributed by atoms with Crippen molar-refractivity contribution in [2.75, 3.05) is 37.7 Å². The van der Waals surface area contributed by atoms with Gasteiger partial charge in [0.05, 0.1) is 6.61 Å². The average molecular weight is 322 g/mol. The monoisotopic (exact) mass is 322 g/mol. The maximum absolute atomic E-state index is 5.73. The van der Waals surface area contributed by atoms with Gasteiger partial charge in [0.25, 0.3) is 0 Å². The smallest absolute Gasteiger partial charge is 0.122 e. The molecule has 2 aliphatic rings. The molecule has 0 unspecified atom stereocenters. The summed E-state index contributed by atoms with van der Waals surface area (Å²) in [4.78, 5) is 5.07. The molecule has 4 rings (SSSR count). The number of hydrogen-bond acceptors (Lipinski definition) is 3. The Kier molecular flexibility index (Phi) is 4.44. The van der Waals surface area contributed by atoms with Gasteiger partial charge >= 0.3 is 0 Å². The van der Waals surface area contributed by atoms with E-state index in [-0.39, 0.29) is 0 Å². The van der Waals surface area contributed by atoms with Gasteiger partial charge in [-0.2, -0.15) is 0 Å². The van der Waals surface area contributed by atoms with E-state index in [1.165, 1.54) is 22.4 Å². The number of piperazine rings is 1. The Morgan fingerprint density at radius 3 is 2.54 bits per heavy atom. The maximum atomic E-state index is 5.73. The van der Waals surface area contributed by atoms with Gasteiger partial charge in [-0.25, -0.2) is 0 Å². The largest absolute Gasteiger partial charge is 0.493 e. The minimum absolute atomic E-state index is 0.865. The van der Waals surface area contributed by atoms with Crippen molar-refractivity contribution in [3.63, 3.8) is 0 Å². The van der Waals surface area contributed by atoms with Crippen molar-refractivity contribution >= 4 is 5.69 Å². The van der Waals surface area contributed by atoms with Crippen LogP contribution in [-0.4, -0.2) is 37.7 Å². The summed E-state index contributed by atoms with van der Waals surface area (Å²) in [5, 5.41) is 0. The first-order valence-electron chi connectivity index (χ1n) is 9.06. The summed E-state index contributed by atoms with van der Waals surface area (Å²) in [6, 6.07) is 15.6. The number of fused-ring (bicyclic) bond motifs is 1. The lowest BCUT2D eigenvalue weighted by Crippen LogP contribution is -2.46. The molecule has 0 aromatic heterocycles. The highest BCUT2D eigenvalue weighted by Crippen LogP contribution is 2.29. The van der Waals surface area contributed by atoms with Gasteiger partial charge in [0, 0.05) is 38.4 Å². The first kappa shape index (κ1) is 15.5. The molecule has 2 heterocycles. The van der Waals surface area contributed by atoms with E-state index < -0.39 is 0 Å². The number of benzene rings is 2. The Balaban J connectivity index is 1.36. The maximum Gasteiger partial charge on any atom is 0.122 e. The van der Waals surface area contributed by atoms with Crippen molar-refractivity contribution in [2.24, 2.45) is 0 Å². The standard InChI is InChI=1S/C21H26N2O/c1-17-4-6-18(7-5-17)16-22-10-12-23(13-11-22)20-8-9-21-19(15-20)3-2-14-24-21/h4-9,15H,2-3,10-14,16H2,1H3. The van der Waals surface area contributed by atoms with E-state index in [9.17, 15) is 0 Å². The van der Waals surface area contributed by atoms with Gasteiger partial charge in [-0.15, -0.1) is 0 Å². The van der Waals surface area contributed by atoms with Gasteiger partial charge in [0.2, 0.25) is 0 Å². The van der Waals surface area contributed by atoms with Crippen LogP contribution in [0, 0.1) is 6.92 Å². The molecule has 24 heavy (non-hydrogen) atoms. The number of hydrogen-bond donors (Lipinski definition) is 0. The van der Waals surface area contributed by atoms with E-state index in [1.54, 1.807) is 0 Å². The Hall–Kier alpha value is -2.00.